The molecule has 0 saturated carbocycles. The van der Waals surface area contributed by atoms with Crippen molar-refractivity contribution in [3.05, 3.63) is 53.7 Å². The SMILES string of the molecule is CN=C(NCc1cccnc1OC)NCC(c1cccc(OC)c1)N1CCCC1.I. The second-order valence-corrected chi connectivity index (χ2v) is 7.01. The van der Waals surface area contributed by atoms with Crippen LogP contribution in [0.25, 0.3) is 0 Å². The van der Waals surface area contributed by atoms with E-state index in [0.29, 0.717) is 12.4 Å². The summed E-state index contributed by atoms with van der Waals surface area (Å²) in [5.74, 6) is 2.27. The van der Waals surface area contributed by atoms with Gasteiger partial charge in [0.15, 0.2) is 5.96 Å². The Morgan fingerprint density at radius 3 is 2.63 bits per heavy atom. The van der Waals surface area contributed by atoms with Crippen LogP contribution in [0.2, 0.25) is 0 Å². The van der Waals surface area contributed by atoms with Crippen LogP contribution in [-0.4, -0.2) is 56.7 Å². The van der Waals surface area contributed by atoms with Crippen molar-refractivity contribution in [3.63, 3.8) is 0 Å². The lowest BCUT2D eigenvalue weighted by Gasteiger charge is -2.29. The average Bonchev–Trinajstić information content (AvgIpc) is 3.31. The van der Waals surface area contributed by atoms with Gasteiger partial charge in [0.2, 0.25) is 5.88 Å². The van der Waals surface area contributed by atoms with Gasteiger partial charge in [0.05, 0.1) is 20.3 Å². The molecule has 7 nitrogen and oxygen atoms in total. The first-order valence-corrected chi connectivity index (χ1v) is 10.1. The first kappa shape index (κ1) is 24.2. The third-order valence-electron chi connectivity index (χ3n) is 5.24. The Hall–Kier alpha value is -2.07. The summed E-state index contributed by atoms with van der Waals surface area (Å²) in [5, 5.41) is 6.84. The molecule has 164 valence electrons. The van der Waals surface area contributed by atoms with E-state index in [9.17, 15) is 0 Å². The fourth-order valence-corrected chi connectivity index (χ4v) is 3.70. The van der Waals surface area contributed by atoms with E-state index in [-0.39, 0.29) is 30.0 Å². The summed E-state index contributed by atoms with van der Waals surface area (Å²) < 4.78 is 10.8. The van der Waals surface area contributed by atoms with E-state index in [4.69, 9.17) is 9.47 Å². The maximum absolute atomic E-state index is 5.43. The van der Waals surface area contributed by atoms with E-state index in [1.165, 1.54) is 18.4 Å². The molecule has 2 N–H and O–H groups in total. The molecule has 0 amide bonds. The summed E-state index contributed by atoms with van der Waals surface area (Å²) in [4.78, 5) is 11.1. The van der Waals surface area contributed by atoms with Crippen LogP contribution in [-0.2, 0) is 6.54 Å². The topological polar surface area (TPSA) is 71.0 Å². The molecule has 8 heteroatoms. The molecule has 0 radical (unpaired) electrons. The number of hydrogen-bond donors (Lipinski definition) is 2. The number of aromatic nitrogens is 1. The average molecular weight is 525 g/mol. The Balaban J connectivity index is 0.00000320. The molecule has 1 aliphatic rings. The summed E-state index contributed by atoms with van der Waals surface area (Å²) >= 11 is 0. The number of guanidine groups is 1. The lowest BCUT2D eigenvalue weighted by atomic mass is 10.1. The number of nitrogens with zero attached hydrogens (tertiary/aromatic N) is 3. The standard InChI is InChI=1S/C22H31N5O2.HI/c1-23-22(25-15-18-9-7-11-24-21(18)29-3)26-16-20(27-12-4-5-13-27)17-8-6-10-19(14-17)28-2;/h6-11,14,20H,4-5,12-13,15-16H2,1-3H3,(H2,23,25,26);1H. The third-order valence-corrected chi connectivity index (χ3v) is 5.24. The van der Waals surface area contributed by atoms with Crippen LogP contribution >= 0.6 is 24.0 Å². The monoisotopic (exact) mass is 525 g/mol. The lowest BCUT2D eigenvalue weighted by Crippen LogP contribution is -2.42. The van der Waals surface area contributed by atoms with Crippen LogP contribution in [0, 0.1) is 0 Å². The first-order chi connectivity index (χ1) is 14.2. The van der Waals surface area contributed by atoms with E-state index in [2.05, 4.69) is 43.7 Å². The molecule has 2 aromatic rings. The van der Waals surface area contributed by atoms with Crippen molar-refractivity contribution >= 4 is 29.9 Å². The molecule has 3 rings (SSSR count). The highest BCUT2D eigenvalue weighted by Crippen LogP contribution is 2.27. The van der Waals surface area contributed by atoms with Crippen LogP contribution in [0.4, 0.5) is 0 Å². The molecule has 1 atom stereocenters. The minimum absolute atomic E-state index is 0. The van der Waals surface area contributed by atoms with E-state index in [1.807, 2.05) is 18.2 Å². The smallest absolute Gasteiger partial charge is 0.218 e. The largest absolute Gasteiger partial charge is 0.497 e. The maximum Gasteiger partial charge on any atom is 0.218 e. The summed E-state index contributed by atoms with van der Waals surface area (Å²) in [6.07, 6.45) is 4.21. The Kier molecular flexibility index (Phi) is 10.2. The molecule has 30 heavy (non-hydrogen) atoms. The second kappa shape index (κ2) is 12.6. The summed E-state index contributed by atoms with van der Waals surface area (Å²) in [6.45, 7) is 3.58. The molecule has 2 heterocycles. The van der Waals surface area contributed by atoms with Crippen LogP contribution in [0.1, 0.15) is 30.0 Å². The van der Waals surface area contributed by atoms with Gasteiger partial charge in [0, 0.05) is 31.9 Å². The van der Waals surface area contributed by atoms with E-state index in [0.717, 1.165) is 36.9 Å². The molecule has 0 aliphatic carbocycles. The highest BCUT2D eigenvalue weighted by Gasteiger charge is 2.24. The van der Waals surface area contributed by atoms with Crippen LogP contribution in [0.15, 0.2) is 47.6 Å². The first-order valence-electron chi connectivity index (χ1n) is 10.1. The normalized spacial score (nSPS) is 15.2. The molecule has 1 saturated heterocycles. The Morgan fingerprint density at radius 1 is 1.13 bits per heavy atom. The number of benzene rings is 1. The van der Waals surface area contributed by atoms with Crippen LogP contribution in [0.5, 0.6) is 11.6 Å². The number of rotatable bonds is 8. The molecule has 1 aromatic carbocycles. The van der Waals surface area contributed by atoms with Crippen molar-refractivity contribution in [2.45, 2.75) is 25.4 Å². The Bertz CT molecular complexity index is 812. The van der Waals surface area contributed by atoms with Crippen molar-refractivity contribution in [3.8, 4) is 11.6 Å². The Morgan fingerprint density at radius 2 is 1.93 bits per heavy atom. The molecular weight excluding hydrogens is 493 g/mol. The number of aliphatic imine (C=N–C) groups is 1. The number of ether oxygens (including phenoxy) is 2. The molecule has 0 spiro atoms. The van der Waals surface area contributed by atoms with Crippen LogP contribution < -0.4 is 20.1 Å². The quantitative estimate of drug-likeness (QED) is 0.314. The van der Waals surface area contributed by atoms with E-state index < -0.39 is 0 Å². The zero-order chi connectivity index (χ0) is 20.5. The van der Waals surface area contributed by atoms with Gasteiger partial charge in [-0.15, -0.1) is 24.0 Å². The van der Waals surface area contributed by atoms with Gasteiger partial charge in [-0.1, -0.05) is 18.2 Å². The van der Waals surface area contributed by atoms with Gasteiger partial charge in [-0.05, 0) is 49.7 Å². The number of hydrogen-bond acceptors (Lipinski definition) is 5. The van der Waals surface area contributed by atoms with Crippen molar-refractivity contribution in [2.24, 2.45) is 4.99 Å². The number of halogens is 1. The number of nitrogens with one attached hydrogen (secondary N) is 2. The van der Waals surface area contributed by atoms with Gasteiger partial charge in [-0.25, -0.2) is 4.98 Å². The minimum atomic E-state index is 0. The van der Waals surface area contributed by atoms with Gasteiger partial charge in [-0.2, -0.15) is 0 Å². The van der Waals surface area contributed by atoms with Crippen molar-refractivity contribution in [2.75, 3.05) is 40.9 Å². The highest BCUT2D eigenvalue weighted by atomic mass is 127. The molecule has 1 unspecified atom stereocenters. The van der Waals surface area contributed by atoms with Crippen molar-refractivity contribution < 1.29 is 9.47 Å². The second-order valence-electron chi connectivity index (χ2n) is 7.01. The van der Waals surface area contributed by atoms with Gasteiger partial charge in [0.1, 0.15) is 5.75 Å². The van der Waals surface area contributed by atoms with Gasteiger partial charge in [0.25, 0.3) is 0 Å². The van der Waals surface area contributed by atoms with Gasteiger partial charge >= 0.3 is 0 Å². The zero-order valence-electron chi connectivity index (χ0n) is 17.9. The molecule has 1 fully saturated rings. The highest BCUT2D eigenvalue weighted by molar-refractivity contribution is 14.0. The molecule has 1 aliphatic heterocycles. The van der Waals surface area contributed by atoms with Gasteiger partial charge in [-0.3, -0.25) is 9.89 Å². The number of pyridine rings is 1. The van der Waals surface area contributed by atoms with Crippen molar-refractivity contribution in [1.82, 2.24) is 20.5 Å². The third kappa shape index (κ3) is 6.46. The van der Waals surface area contributed by atoms with Gasteiger partial charge < -0.3 is 20.1 Å². The van der Waals surface area contributed by atoms with Crippen molar-refractivity contribution in [1.29, 1.82) is 0 Å². The summed E-state index contributed by atoms with van der Waals surface area (Å²) in [6, 6.07) is 12.5. The van der Waals surface area contributed by atoms with Crippen LogP contribution in [0.3, 0.4) is 0 Å². The minimum Gasteiger partial charge on any atom is -0.497 e. The number of methoxy groups -OCH3 is 2. The maximum atomic E-state index is 5.43. The summed E-state index contributed by atoms with van der Waals surface area (Å²) in [7, 11) is 5.13. The van der Waals surface area contributed by atoms with E-state index >= 15 is 0 Å². The molecular formula is C22H32IN5O2. The fraction of sp³-hybridized carbons (Fsp3) is 0.455. The van der Waals surface area contributed by atoms with E-state index in [1.54, 1.807) is 27.5 Å². The molecule has 1 aromatic heterocycles. The zero-order valence-corrected chi connectivity index (χ0v) is 20.3. The summed E-state index contributed by atoms with van der Waals surface area (Å²) in [5.41, 5.74) is 2.24. The fourth-order valence-electron chi connectivity index (χ4n) is 3.70. The predicted octanol–water partition coefficient (Wildman–Crippen LogP) is 3.22. The Labute approximate surface area is 196 Å². The molecule has 0 bridgehead atoms. The number of likely N-dealkylation sites (tertiary alicyclic amines) is 1. The predicted molar refractivity (Wildman–Crippen MR) is 131 cm³/mol. The lowest BCUT2D eigenvalue weighted by molar-refractivity contribution is 0.245.